The minimum Gasteiger partial charge on any atom is -0.358 e. The molecule has 1 aromatic carbocycles. The second-order valence-electron chi connectivity index (χ2n) is 4.51. The fraction of sp³-hybridized carbons (Fsp3) is 0.154. The number of nitrogens with one attached hydrogen (secondary N) is 1. The Balaban J connectivity index is 1.93. The molecule has 2 heterocycles. The third kappa shape index (κ3) is 2.57. The van der Waals surface area contributed by atoms with Crippen molar-refractivity contribution in [3.8, 4) is 0 Å². The summed E-state index contributed by atoms with van der Waals surface area (Å²) < 4.78 is 1.47. The van der Waals surface area contributed by atoms with E-state index in [1.54, 1.807) is 23.7 Å². The van der Waals surface area contributed by atoms with E-state index in [2.05, 4.69) is 10.3 Å². The number of nitrogens with zero attached hydrogens (tertiary/aromatic N) is 3. The standard InChI is InChI=1S/C13H11ClN4O2S/c1-8(9-2-4-10(14)5-3-9)15-11-12(18(19)20)17-6-7-21-13(17)16-11/h2-8,15H,1H3. The average Bonchev–Trinajstić information content (AvgIpc) is 2.98. The van der Waals surface area contributed by atoms with Crippen LogP contribution >= 0.6 is 22.9 Å². The van der Waals surface area contributed by atoms with Crippen LogP contribution in [0.15, 0.2) is 35.8 Å². The van der Waals surface area contributed by atoms with Crippen molar-refractivity contribution < 1.29 is 4.92 Å². The summed E-state index contributed by atoms with van der Waals surface area (Å²) in [5.74, 6) is 0.223. The number of hydrogen-bond donors (Lipinski definition) is 1. The smallest absolute Gasteiger partial charge is 0.358 e. The number of nitro groups is 1. The van der Waals surface area contributed by atoms with Gasteiger partial charge in [-0.25, -0.2) is 0 Å². The van der Waals surface area contributed by atoms with Crippen LogP contribution in [0.25, 0.3) is 4.96 Å². The van der Waals surface area contributed by atoms with Crippen LogP contribution in [0.5, 0.6) is 0 Å². The van der Waals surface area contributed by atoms with Gasteiger partial charge < -0.3 is 15.4 Å². The summed E-state index contributed by atoms with van der Waals surface area (Å²) in [5, 5.41) is 16.8. The molecule has 0 aliphatic carbocycles. The molecule has 0 aliphatic rings. The van der Waals surface area contributed by atoms with Crippen molar-refractivity contribution in [1.29, 1.82) is 0 Å². The predicted octanol–water partition coefficient (Wildman–Crippen LogP) is 4.13. The molecule has 1 unspecified atom stereocenters. The summed E-state index contributed by atoms with van der Waals surface area (Å²) >= 11 is 7.21. The highest BCUT2D eigenvalue weighted by Crippen LogP contribution is 2.30. The fourth-order valence-corrected chi connectivity index (χ4v) is 2.92. The predicted molar refractivity (Wildman–Crippen MR) is 83.2 cm³/mol. The van der Waals surface area contributed by atoms with Crippen molar-refractivity contribution in [2.24, 2.45) is 0 Å². The van der Waals surface area contributed by atoms with Gasteiger partial charge in [0.25, 0.3) is 4.96 Å². The van der Waals surface area contributed by atoms with E-state index in [4.69, 9.17) is 11.6 Å². The van der Waals surface area contributed by atoms with Crippen LogP contribution in [0.1, 0.15) is 18.5 Å². The minimum absolute atomic E-state index is 0.0490. The van der Waals surface area contributed by atoms with E-state index in [9.17, 15) is 10.1 Å². The molecule has 0 amide bonds. The average molecular weight is 323 g/mol. The van der Waals surface area contributed by atoms with E-state index in [1.807, 2.05) is 19.1 Å². The largest absolute Gasteiger partial charge is 0.372 e. The van der Waals surface area contributed by atoms with Gasteiger partial charge >= 0.3 is 5.82 Å². The zero-order valence-electron chi connectivity index (χ0n) is 11.0. The van der Waals surface area contributed by atoms with E-state index in [1.165, 1.54) is 15.7 Å². The lowest BCUT2D eigenvalue weighted by atomic mass is 10.1. The highest BCUT2D eigenvalue weighted by molar-refractivity contribution is 7.15. The third-order valence-corrected chi connectivity index (χ3v) is 4.14. The molecule has 1 atom stereocenters. The lowest BCUT2D eigenvalue weighted by molar-refractivity contribution is -0.389. The second kappa shape index (κ2) is 5.34. The van der Waals surface area contributed by atoms with Gasteiger partial charge in [0.15, 0.2) is 0 Å². The van der Waals surface area contributed by atoms with E-state index >= 15 is 0 Å². The van der Waals surface area contributed by atoms with Crippen LogP contribution in [0.3, 0.4) is 0 Å². The van der Waals surface area contributed by atoms with Gasteiger partial charge in [-0.05, 0) is 29.5 Å². The first kappa shape index (κ1) is 13.8. The number of rotatable bonds is 4. The van der Waals surface area contributed by atoms with Crippen molar-refractivity contribution >= 4 is 39.5 Å². The number of imidazole rings is 1. The van der Waals surface area contributed by atoms with Crippen molar-refractivity contribution in [2.45, 2.75) is 13.0 Å². The van der Waals surface area contributed by atoms with E-state index in [-0.39, 0.29) is 17.7 Å². The number of hydrogen-bond acceptors (Lipinski definition) is 5. The lowest BCUT2D eigenvalue weighted by Gasteiger charge is -2.13. The zero-order chi connectivity index (χ0) is 15.0. The van der Waals surface area contributed by atoms with Crippen LogP contribution < -0.4 is 5.32 Å². The van der Waals surface area contributed by atoms with Crippen LogP contribution in [-0.4, -0.2) is 14.3 Å². The Morgan fingerprint density at radius 2 is 2.14 bits per heavy atom. The van der Waals surface area contributed by atoms with Gasteiger partial charge in [0.2, 0.25) is 5.82 Å². The highest BCUT2D eigenvalue weighted by atomic mass is 35.5. The van der Waals surface area contributed by atoms with Crippen molar-refractivity contribution in [3.63, 3.8) is 0 Å². The number of halogens is 1. The molecule has 0 radical (unpaired) electrons. The minimum atomic E-state index is -0.427. The van der Waals surface area contributed by atoms with E-state index in [0.29, 0.717) is 9.98 Å². The molecule has 1 N–H and O–H groups in total. The van der Waals surface area contributed by atoms with Gasteiger partial charge in [0, 0.05) is 10.4 Å². The van der Waals surface area contributed by atoms with Crippen LogP contribution in [0.2, 0.25) is 5.02 Å². The Bertz CT molecular complexity index is 796. The monoisotopic (exact) mass is 322 g/mol. The van der Waals surface area contributed by atoms with Gasteiger partial charge in [-0.1, -0.05) is 35.1 Å². The van der Waals surface area contributed by atoms with Crippen LogP contribution in [0, 0.1) is 10.1 Å². The van der Waals surface area contributed by atoms with Gasteiger partial charge in [-0.15, -0.1) is 0 Å². The number of benzene rings is 1. The molecule has 21 heavy (non-hydrogen) atoms. The second-order valence-corrected chi connectivity index (χ2v) is 5.82. The molecule has 0 aliphatic heterocycles. The maximum atomic E-state index is 11.2. The van der Waals surface area contributed by atoms with Gasteiger partial charge in [0.05, 0.1) is 6.04 Å². The zero-order valence-corrected chi connectivity index (χ0v) is 12.6. The van der Waals surface area contributed by atoms with Crippen molar-refractivity contribution in [2.75, 3.05) is 5.32 Å². The van der Waals surface area contributed by atoms with Crippen molar-refractivity contribution in [3.05, 3.63) is 56.5 Å². The number of thiazole rings is 1. The fourth-order valence-electron chi connectivity index (χ4n) is 2.08. The molecule has 6 nitrogen and oxygen atoms in total. The molecular weight excluding hydrogens is 312 g/mol. The van der Waals surface area contributed by atoms with Gasteiger partial charge in [0.1, 0.15) is 6.20 Å². The number of aromatic nitrogens is 2. The van der Waals surface area contributed by atoms with Gasteiger partial charge in [-0.2, -0.15) is 9.38 Å². The SMILES string of the molecule is CC(Nc1nc2sccn2c1[N+](=O)[O-])c1ccc(Cl)cc1. The first-order chi connectivity index (χ1) is 10.1. The summed E-state index contributed by atoms with van der Waals surface area (Å²) in [6, 6.07) is 7.21. The molecule has 0 bridgehead atoms. The van der Waals surface area contributed by atoms with Crippen LogP contribution in [0.4, 0.5) is 11.6 Å². The molecule has 0 spiro atoms. The Morgan fingerprint density at radius 3 is 2.81 bits per heavy atom. The summed E-state index contributed by atoms with van der Waals surface area (Å²) in [6.07, 6.45) is 1.64. The Hall–Kier alpha value is -2.12. The molecule has 3 rings (SSSR count). The molecule has 8 heteroatoms. The Morgan fingerprint density at radius 1 is 1.43 bits per heavy atom. The quantitative estimate of drug-likeness (QED) is 0.579. The van der Waals surface area contributed by atoms with Crippen LogP contribution in [-0.2, 0) is 0 Å². The molecule has 0 fully saturated rings. The van der Waals surface area contributed by atoms with Gasteiger partial charge in [-0.3, -0.25) is 0 Å². The summed E-state index contributed by atoms with van der Waals surface area (Å²) in [4.78, 5) is 15.7. The molecule has 3 aromatic rings. The molecular formula is C13H11ClN4O2S. The molecule has 2 aromatic heterocycles. The molecule has 108 valence electrons. The normalized spacial score (nSPS) is 12.5. The Kier molecular flexibility index (Phi) is 3.52. The summed E-state index contributed by atoms with van der Waals surface area (Å²) in [7, 11) is 0. The Labute approximate surface area is 129 Å². The molecule has 0 saturated carbocycles. The first-order valence-electron chi connectivity index (χ1n) is 6.18. The summed E-state index contributed by atoms with van der Waals surface area (Å²) in [5.41, 5.74) is 0.977. The maximum absolute atomic E-state index is 11.2. The number of fused-ring (bicyclic) bond motifs is 1. The molecule has 0 saturated heterocycles. The maximum Gasteiger partial charge on any atom is 0.372 e. The van der Waals surface area contributed by atoms with Crippen molar-refractivity contribution in [1.82, 2.24) is 9.38 Å². The summed E-state index contributed by atoms with van der Waals surface area (Å²) in [6.45, 7) is 1.92. The highest BCUT2D eigenvalue weighted by Gasteiger charge is 2.24. The third-order valence-electron chi connectivity index (χ3n) is 3.13. The van der Waals surface area contributed by atoms with E-state index < -0.39 is 4.92 Å². The number of anilines is 1. The van der Waals surface area contributed by atoms with E-state index in [0.717, 1.165) is 5.56 Å². The first-order valence-corrected chi connectivity index (χ1v) is 7.44. The lowest BCUT2D eigenvalue weighted by Crippen LogP contribution is -2.08. The topological polar surface area (TPSA) is 72.5 Å².